The van der Waals surface area contributed by atoms with Crippen molar-refractivity contribution in [3.8, 4) is 5.88 Å². The van der Waals surface area contributed by atoms with Gasteiger partial charge in [-0.05, 0) is 31.6 Å². The van der Waals surface area contributed by atoms with Crippen molar-refractivity contribution in [3.05, 3.63) is 12.3 Å². The first kappa shape index (κ1) is 12.1. The monoisotopic (exact) mass is 235 g/mol. The van der Waals surface area contributed by atoms with Crippen molar-refractivity contribution in [1.82, 2.24) is 9.97 Å². The normalized spacial score (nSPS) is 23.6. The van der Waals surface area contributed by atoms with E-state index in [1.54, 1.807) is 12.3 Å². The molecular formula is C13H21N3O. The first-order chi connectivity index (χ1) is 8.28. The Kier molecular flexibility index (Phi) is 4.18. The predicted octanol–water partition coefficient (Wildman–Crippen LogP) is 2.87. The van der Waals surface area contributed by atoms with Gasteiger partial charge in [0.25, 0.3) is 0 Å². The standard InChI is InChI=1S/C13H21N3O/c1-3-8-17-12-6-7-14-13(16-12)15-11-5-4-10(2)9-11/h6-7,10-11H,3-5,8-9H2,1-2H3,(H,14,15,16). The lowest BCUT2D eigenvalue weighted by molar-refractivity contribution is 0.305. The molecule has 0 radical (unpaired) electrons. The van der Waals surface area contributed by atoms with E-state index >= 15 is 0 Å². The lowest BCUT2D eigenvalue weighted by Gasteiger charge is -2.12. The molecule has 0 bridgehead atoms. The van der Waals surface area contributed by atoms with Gasteiger partial charge < -0.3 is 10.1 Å². The van der Waals surface area contributed by atoms with Crippen molar-refractivity contribution >= 4 is 5.95 Å². The van der Waals surface area contributed by atoms with E-state index in [9.17, 15) is 0 Å². The van der Waals surface area contributed by atoms with Gasteiger partial charge in [0.1, 0.15) is 0 Å². The fourth-order valence-electron chi connectivity index (χ4n) is 2.22. The van der Waals surface area contributed by atoms with Crippen LogP contribution in [-0.2, 0) is 0 Å². The van der Waals surface area contributed by atoms with E-state index in [1.807, 2.05) is 0 Å². The summed E-state index contributed by atoms with van der Waals surface area (Å²) in [4.78, 5) is 8.59. The average molecular weight is 235 g/mol. The number of aromatic nitrogens is 2. The van der Waals surface area contributed by atoms with Crippen LogP contribution in [0.4, 0.5) is 5.95 Å². The van der Waals surface area contributed by atoms with Gasteiger partial charge in [-0.2, -0.15) is 4.98 Å². The van der Waals surface area contributed by atoms with Crippen LogP contribution in [0.15, 0.2) is 12.3 Å². The van der Waals surface area contributed by atoms with Gasteiger partial charge in [0, 0.05) is 18.3 Å². The van der Waals surface area contributed by atoms with Crippen LogP contribution in [0.3, 0.4) is 0 Å². The minimum Gasteiger partial charge on any atom is -0.478 e. The van der Waals surface area contributed by atoms with E-state index in [4.69, 9.17) is 4.74 Å². The van der Waals surface area contributed by atoms with Gasteiger partial charge in [-0.15, -0.1) is 0 Å². The number of nitrogens with zero attached hydrogens (tertiary/aromatic N) is 2. The molecule has 1 N–H and O–H groups in total. The second-order valence-corrected chi connectivity index (χ2v) is 4.83. The minimum absolute atomic E-state index is 0.520. The molecule has 1 heterocycles. The van der Waals surface area contributed by atoms with E-state index in [2.05, 4.69) is 29.1 Å². The fraction of sp³-hybridized carbons (Fsp3) is 0.692. The summed E-state index contributed by atoms with van der Waals surface area (Å²) in [6.45, 7) is 5.08. The second kappa shape index (κ2) is 5.84. The van der Waals surface area contributed by atoms with Crippen molar-refractivity contribution in [3.63, 3.8) is 0 Å². The third kappa shape index (κ3) is 3.58. The van der Waals surface area contributed by atoms with Gasteiger partial charge >= 0.3 is 0 Å². The van der Waals surface area contributed by atoms with Gasteiger partial charge in [-0.1, -0.05) is 13.8 Å². The SMILES string of the molecule is CCCOc1ccnc(NC2CCC(C)C2)n1. The lowest BCUT2D eigenvalue weighted by atomic mass is 10.1. The Morgan fingerprint density at radius 3 is 3.06 bits per heavy atom. The molecule has 1 aromatic rings. The molecule has 0 spiro atoms. The summed E-state index contributed by atoms with van der Waals surface area (Å²) in [6, 6.07) is 2.32. The van der Waals surface area contributed by atoms with Gasteiger partial charge in [-0.25, -0.2) is 4.98 Å². The minimum atomic E-state index is 0.520. The van der Waals surface area contributed by atoms with Gasteiger partial charge in [-0.3, -0.25) is 0 Å². The highest BCUT2D eigenvalue weighted by Gasteiger charge is 2.21. The van der Waals surface area contributed by atoms with Crippen LogP contribution in [0.5, 0.6) is 5.88 Å². The largest absolute Gasteiger partial charge is 0.478 e. The summed E-state index contributed by atoms with van der Waals surface area (Å²) in [5, 5.41) is 3.39. The average Bonchev–Trinajstić information content (AvgIpc) is 2.73. The van der Waals surface area contributed by atoms with Gasteiger partial charge in [0.05, 0.1) is 6.61 Å². The molecule has 1 aromatic heterocycles. The number of hydrogen-bond donors (Lipinski definition) is 1. The van der Waals surface area contributed by atoms with Crippen molar-refractivity contribution in [2.24, 2.45) is 5.92 Å². The fourth-order valence-corrected chi connectivity index (χ4v) is 2.22. The lowest BCUT2D eigenvalue weighted by Crippen LogP contribution is -2.17. The zero-order chi connectivity index (χ0) is 12.1. The highest BCUT2D eigenvalue weighted by Crippen LogP contribution is 2.26. The van der Waals surface area contributed by atoms with Crippen LogP contribution >= 0.6 is 0 Å². The van der Waals surface area contributed by atoms with E-state index < -0.39 is 0 Å². The number of anilines is 1. The van der Waals surface area contributed by atoms with E-state index in [1.165, 1.54) is 19.3 Å². The van der Waals surface area contributed by atoms with E-state index in [0.717, 1.165) is 12.3 Å². The molecule has 0 amide bonds. The molecule has 1 aliphatic rings. The Labute approximate surface area is 103 Å². The van der Waals surface area contributed by atoms with Gasteiger partial charge in [0.2, 0.25) is 11.8 Å². The molecule has 1 fully saturated rings. The molecule has 0 aromatic carbocycles. The molecule has 4 heteroatoms. The number of ether oxygens (including phenoxy) is 1. The molecule has 4 nitrogen and oxygen atoms in total. The summed E-state index contributed by atoms with van der Waals surface area (Å²) in [5.41, 5.74) is 0. The number of rotatable bonds is 5. The Balaban J connectivity index is 1.91. The van der Waals surface area contributed by atoms with Crippen molar-refractivity contribution in [2.45, 2.75) is 45.6 Å². The van der Waals surface area contributed by atoms with Crippen LogP contribution in [0.2, 0.25) is 0 Å². The Morgan fingerprint density at radius 2 is 2.35 bits per heavy atom. The maximum absolute atomic E-state index is 5.49. The third-order valence-electron chi connectivity index (χ3n) is 3.11. The van der Waals surface area contributed by atoms with E-state index in [0.29, 0.717) is 24.5 Å². The highest BCUT2D eigenvalue weighted by atomic mass is 16.5. The molecular weight excluding hydrogens is 214 g/mol. The molecule has 0 aliphatic heterocycles. The molecule has 94 valence electrons. The predicted molar refractivity (Wildman–Crippen MR) is 68.2 cm³/mol. The first-order valence-corrected chi connectivity index (χ1v) is 6.50. The topological polar surface area (TPSA) is 47.0 Å². The smallest absolute Gasteiger partial charge is 0.226 e. The zero-order valence-corrected chi connectivity index (χ0v) is 10.6. The Morgan fingerprint density at radius 1 is 1.47 bits per heavy atom. The molecule has 0 saturated heterocycles. The quantitative estimate of drug-likeness (QED) is 0.852. The summed E-state index contributed by atoms with van der Waals surface area (Å²) >= 11 is 0. The zero-order valence-electron chi connectivity index (χ0n) is 10.6. The number of nitrogens with one attached hydrogen (secondary N) is 1. The molecule has 2 unspecified atom stereocenters. The molecule has 1 aliphatic carbocycles. The molecule has 1 saturated carbocycles. The van der Waals surface area contributed by atoms with Crippen LogP contribution in [-0.4, -0.2) is 22.6 Å². The molecule has 2 atom stereocenters. The summed E-state index contributed by atoms with van der Waals surface area (Å²) in [7, 11) is 0. The highest BCUT2D eigenvalue weighted by molar-refractivity contribution is 5.29. The van der Waals surface area contributed by atoms with Crippen LogP contribution in [0, 0.1) is 5.92 Å². The second-order valence-electron chi connectivity index (χ2n) is 4.83. The number of hydrogen-bond acceptors (Lipinski definition) is 4. The molecule has 17 heavy (non-hydrogen) atoms. The van der Waals surface area contributed by atoms with Crippen molar-refractivity contribution < 1.29 is 4.74 Å². The summed E-state index contributed by atoms with van der Waals surface area (Å²) < 4.78 is 5.49. The van der Waals surface area contributed by atoms with Crippen molar-refractivity contribution in [1.29, 1.82) is 0 Å². The summed E-state index contributed by atoms with van der Waals surface area (Å²) in [6.07, 6.45) is 6.46. The van der Waals surface area contributed by atoms with Crippen LogP contribution in [0.25, 0.3) is 0 Å². The molecule has 2 rings (SSSR count). The van der Waals surface area contributed by atoms with Crippen molar-refractivity contribution in [2.75, 3.05) is 11.9 Å². The van der Waals surface area contributed by atoms with Gasteiger partial charge in [0.15, 0.2) is 0 Å². The summed E-state index contributed by atoms with van der Waals surface area (Å²) in [5.74, 6) is 2.17. The third-order valence-corrected chi connectivity index (χ3v) is 3.11. The van der Waals surface area contributed by atoms with Crippen LogP contribution in [0.1, 0.15) is 39.5 Å². The van der Waals surface area contributed by atoms with Crippen LogP contribution < -0.4 is 10.1 Å². The maximum atomic E-state index is 5.49. The van der Waals surface area contributed by atoms with E-state index in [-0.39, 0.29) is 0 Å². The Hall–Kier alpha value is -1.32. The maximum Gasteiger partial charge on any atom is 0.226 e. The Bertz CT molecular complexity index is 356. The first-order valence-electron chi connectivity index (χ1n) is 6.50.